The van der Waals surface area contributed by atoms with Gasteiger partial charge in [-0.15, -0.1) is 0 Å². The van der Waals surface area contributed by atoms with Crippen molar-refractivity contribution in [2.75, 3.05) is 18.9 Å². The maximum absolute atomic E-state index is 13.5. The van der Waals surface area contributed by atoms with Crippen molar-refractivity contribution in [3.63, 3.8) is 0 Å². The summed E-state index contributed by atoms with van der Waals surface area (Å²) in [5.41, 5.74) is 5.15. The van der Waals surface area contributed by atoms with E-state index in [1.165, 1.54) is 0 Å². The summed E-state index contributed by atoms with van der Waals surface area (Å²) in [7, 11) is 0. The van der Waals surface area contributed by atoms with Crippen molar-refractivity contribution < 1.29 is 9.13 Å². The molecule has 1 aliphatic rings. The third-order valence-corrected chi connectivity index (χ3v) is 2.40. The first kappa shape index (κ1) is 10.3. The summed E-state index contributed by atoms with van der Waals surface area (Å²) >= 11 is 5.87. The van der Waals surface area contributed by atoms with Crippen molar-refractivity contribution in [3.8, 4) is 11.8 Å². The zero-order chi connectivity index (χ0) is 10.9. The maximum atomic E-state index is 13.5. The number of benzene rings is 1. The summed E-state index contributed by atoms with van der Waals surface area (Å²) in [6.07, 6.45) is 0. The average molecular weight is 226 g/mol. The molecule has 2 nitrogen and oxygen atoms in total. The van der Waals surface area contributed by atoms with Crippen LogP contribution in [0.5, 0.6) is 0 Å². The van der Waals surface area contributed by atoms with E-state index in [2.05, 4.69) is 11.8 Å². The second-order valence-corrected chi connectivity index (χ2v) is 3.85. The number of anilines is 1. The minimum absolute atomic E-state index is 0.0277. The molecule has 4 heteroatoms. The van der Waals surface area contributed by atoms with Crippen LogP contribution < -0.4 is 5.73 Å². The normalized spacial score (nSPS) is 17.5. The molecule has 0 unspecified atom stereocenters. The molecule has 1 aliphatic heterocycles. The van der Waals surface area contributed by atoms with Gasteiger partial charge < -0.3 is 10.5 Å². The summed E-state index contributed by atoms with van der Waals surface area (Å²) in [6.45, 7) is 0.0554. The Labute approximate surface area is 92.2 Å². The molecular formula is C11H9ClFNO. The summed E-state index contributed by atoms with van der Waals surface area (Å²) in [5.74, 6) is 5.18. The Morgan fingerprint density at radius 2 is 2.20 bits per heavy atom. The topological polar surface area (TPSA) is 35.2 Å². The summed E-state index contributed by atoms with van der Waals surface area (Å²) < 4.78 is 18.2. The minimum Gasteiger partial charge on any atom is -0.399 e. The van der Waals surface area contributed by atoms with Crippen molar-refractivity contribution in [2.24, 2.45) is 0 Å². The van der Waals surface area contributed by atoms with Gasteiger partial charge in [-0.2, -0.15) is 0 Å². The van der Waals surface area contributed by atoms with Crippen LogP contribution in [0.15, 0.2) is 18.2 Å². The van der Waals surface area contributed by atoms with Crippen molar-refractivity contribution in [2.45, 2.75) is 5.67 Å². The van der Waals surface area contributed by atoms with E-state index < -0.39 is 5.67 Å². The molecule has 0 radical (unpaired) electrons. The Morgan fingerprint density at radius 1 is 1.47 bits per heavy atom. The van der Waals surface area contributed by atoms with Crippen LogP contribution >= 0.6 is 11.6 Å². The number of nitrogen functional groups attached to an aromatic ring is 1. The third kappa shape index (κ3) is 2.23. The summed E-state index contributed by atoms with van der Waals surface area (Å²) in [5, 5.41) is 0.473. The van der Waals surface area contributed by atoms with Crippen LogP contribution in [0.3, 0.4) is 0 Å². The molecule has 2 rings (SSSR count). The number of halogens is 2. The Kier molecular flexibility index (Phi) is 2.56. The molecule has 0 spiro atoms. The van der Waals surface area contributed by atoms with Crippen molar-refractivity contribution >= 4 is 17.3 Å². The SMILES string of the molecule is Nc1ccc(Cl)c(C#CC2(F)COC2)c1. The third-order valence-electron chi connectivity index (χ3n) is 2.07. The zero-order valence-corrected chi connectivity index (χ0v) is 8.64. The van der Waals surface area contributed by atoms with E-state index in [1.807, 2.05) is 0 Å². The number of hydrogen-bond donors (Lipinski definition) is 1. The fraction of sp³-hybridized carbons (Fsp3) is 0.273. The lowest BCUT2D eigenvalue weighted by molar-refractivity contribution is -0.0934. The fourth-order valence-electron chi connectivity index (χ4n) is 1.17. The predicted octanol–water partition coefficient (Wildman–Crippen LogP) is 2.01. The van der Waals surface area contributed by atoms with Gasteiger partial charge in [0.15, 0.2) is 0 Å². The van der Waals surface area contributed by atoms with Gasteiger partial charge in [0.25, 0.3) is 0 Å². The van der Waals surface area contributed by atoms with Gasteiger partial charge in [0.2, 0.25) is 5.67 Å². The van der Waals surface area contributed by atoms with Crippen LogP contribution in [0, 0.1) is 11.8 Å². The highest BCUT2D eigenvalue weighted by atomic mass is 35.5. The molecule has 0 saturated carbocycles. The van der Waals surface area contributed by atoms with Gasteiger partial charge in [-0.05, 0) is 18.2 Å². The molecule has 78 valence electrons. The molecule has 0 aliphatic carbocycles. The zero-order valence-electron chi connectivity index (χ0n) is 7.89. The molecule has 0 atom stereocenters. The minimum atomic E-state index is -1.52. The van der Waals surface area contributed by atoms with Gasteiger partial charge in [0.1, 0.15) is 0 Å². The van der Waals surface area contributed by atoms with Gasteiger partial charge in [0, 0.05) is 11.3 Å². The first-order valence-electron chi connectivity index (χ1n) is 4.44. The van der Waals surface area contributed by atoms with Crippen molar-refractivity contribution in [1.29, 1.82) is 0 Å². The van der Waals surface area contributed by atoms with Crippen LogP contribution in [0.25, 0.3) is 0 Å². The van der Waals surface area contributed by atoms with E-state index >= 15 is 0 Å². The van der Waals surface area contributed by atoms with Crippen molar-refractivity contribution in [1.82, 2.24) is 0 Å². The monoisotopic (exact) mass is 225 g/mol. The van der Waals surface area contributed by atoms with Crippen LogP contribution in [0.4, 0.5) is 10.1 Å². The number of hydrogen-bond acceptors (Lipinski definition) is 2. The molecule has 0 aromatic heterocycles. The number of ether oxygens (including phenoxy) is 1. The van der Waals surface area contributed by atoms with Crippen LogP contribution in [-0.4, -0.2) is 18.9 Å². The lowest BCUT2D eigenvalue weighted by Gasteiger charge is -2.28. The lowest BCUT2D eigenvalue weighted by atomic mass is 10.0. The Morgan fingerprint density at radius 3 is 2.80 bits per heavy atom. The summed E-state index contributed by atoms with van der Waals surface area (Å²) in [4.78, 5) is 0. The second-order valence-electron chi connectivity index (χ2n) is 3.45. The van der Waals surface area contributed by atoms with Gasteiger partial charge in [-0.1, -0.05) is 23.4 Å². The Hall–Kier alpha value is -1.24. The molecule has 1 fully saturated rings. The van der Waals surface area contributed by atoms with E-state index in [0.717, 1.165) is 0 Å². The van der Waals surface area contributed by atoms with Gasteiger partial charge in [-0.3, -0.25) is 0 Å². The predicted molar refractivity (Wildman–Crippen MR) is 57.4 cm³/mol. The second kappa shape index (κ2) is 3.73. The van der Waals surface area contributed by atoms with E-state index in [0.29, 0.717) is 16.3 Å². The maximum Gasteiger partial charge on any atom is 0.217 e. The molecule has 2 N–H and O–H groups in total. The highest BCUT2D eigenvalue weighted by molar-refractivity contribution is 6.31. The van der Waals surface area contributed by atoms with E-state index in [1.54, 1.807) is 18.2 Å². The molecule has 1 saturated heterocycles. The van der Waals surface area contributed by atoms with E-state index in [4.69, 9.17) is 22.1 Å². The van der Waals surface area contributed by atoms with Crippen LogP contribution in [-0.2, 0) is 4.74 Å². The Balaban J connectivity index is 2.26. The highest BCUT2D eigenvalue weighted by Crippen LogP contribution is 2.22. The highest BCUT2D eigenvalue weighted by Gasteiger charge is 2.36. The van der Waals surface area contributed by atoms with Gasteiger partial charge in [-0.25, -0.2) is 4.39 Å². The molecular weight excluding hydrogens is 217 g/mol. The molecule has 1 aromatic carbocycles. The first-order chi connectivity index (χ1) is 7.09. The summed E-state index contributed by atoms with van der Waals surface area (Å²) in [6, 6.07) is 4.94. The van der Waals surface area contributed by atoms with Gasteiger partial charge >= 0.3 is 0 Å². The van der Waals surface area contributed by atoms with E-state index in [9.17, 15) is 4.39 Å². The van der Waals surface area contributed by atoms with Gasteiger partial charge in [0.05, 0.1) is 18.2 Å². The number of rotatable bonds is 0. The Bertz CT molecular complexity index is 446. The molecule has 0 amide bonds. The van der Waals surface area contributed by atoms with Crippen LogP contribution in [0.2, 0.25) is 5.02 Å². The fourth-order valence-corrected chi connectivity index (χ4v) is 1.34. The van der Waals surface area contributed by atoms with E-state index in [-0.39, 0.29) is 13.2 Å². The largest absolute Gasteiger partial charge is 0.399 e. The molecule has 1 heterocycles. The molecule has 1 aromatic rings. The number of alkyl halides is 1. The first-order valence-corrected chi connectivity index (χ1v) is 4.82. The van der Waals surface area contributed by atoms with Crippen molar-refractivity contribution in [3.05, 3.63) is 28.8 Å². The quantitative estimate of drug-likeness (QED) is 0.542. The van der Waals surface area contributed by atoms with Crippen LogP contribution in [0.1, 0.15) is 5.56 Å². The average Bonchev–Trinajstić information content (AvgIpc) is 2.17. The lowest BCUT2D eigenvalue weighted by Crippen LogP contribution is -2.44. The smallest absolute Gasteiger partial charge is 0.217 e. The molecule has 15 heavy (non-hydrogen) atoms. The number of nitrogens with two attached hydrogens (primary N) is 1. The standard InChI is InChI=1S/C11H9ClFNO/c12-10-2-1-9(14)5-8(10)3-4-11(13)6-15-7-11/h1-2,5H,6-7,14H2. The molecule has 0 bridgehead atoms.